The summed E-state index contributed by atoms with van der Waals surface area (Å²) in [6.45, 7) is 9.70. The number of carboxylic acids is 1. The van der Waals surface area contributed by atoms with Gasteiger partial charge in [-0.15, -0.1) is 18.3 Å². The predicted molar refractivity (Wildman–Crippen MR) is 137 cm³/mol. The first-order valence-corrected chi connectivity index (χ1v) is 13.4. The van der Waals surface area contributed by atoms with E-state index < -0.39 is 34.6 Å². The maximum absolute atomic E-state index is 14.5. The molecular formula is C26H33ClN2O5S. The molecule has 9 heteroatoms. The summed E-state index contributed by atoms with van der Waals surface area (Å²) in [4.78, 5) is 43.9. The number of carboxylic acid groups (broad SMARTS) is 1. The molecular weight excluding hydrogens is 488 g/mol. The fourth-order valence-corrected chi connectivity index (χ4v) is 9.12. The highest BCUT2D eigenvalue weighted by Crippen LogP contribution is 2.69. The Bertz CT molecular complexity index is 1030. The van der Waals surface area contributed by atoms with Crippen LogP contribution in [-0.4, -0.2) is 68.1 Å². The van der Waals surface area contributed by atoms with Crippen LogP contribution in [0.3, 0.4) is 0 Å². The third-order valence-electron chi connectivity index (χ3n) is 7.77. The van der Waals surface area contributed by atoms with Gasteiger partial charge in [-0.3, -0.25) is 14.4 Å². The Morgan fingerprint density at radius 1 is 1.37 bits per heavy atom. The molecule has 4 rings (SSSR count). The maximum atomic E-state index is 14.5. The SMILES string of the molecule is C=CCN(C(=O)C1N([C@@H](CO)CC(C)C)C(=O)[C@@H]2[C@H](C(=O)O)[C@@H]3CC(C)C12S3)c1ccccc1Cl. The first-order chi connectivity index (χ1) is 16.6. The average molecular weight is 521 g/mol. The van der Waals surface area contributed by atoms with Gasteiger partial charge in [-0.1, -0.05) is 50.6 Å². The Morgan fingerprint density at radius 2 is 2.06 bits per heavy atom. The molecule has 190 valence electrons. The Hall–Kier alpha value is -2.03. The van der Waals surface area contributed by atoms with Crippen molar-refractivity contribution < 1.29 is 24.6 Å². The summed E-state index contributed by atoms with van der Waals surface area (Å²) >= 11 is 7.97. The summed E-state index contributed by atoms with van der Waals surface area (Å²) in [6.07, 6.45) is 2.74. The van der Waals surface area contributed by atoms with Crippen LogP contribution in [0.5, 0.6) is 0 Å². The largest absolute Gasteiger partial charge is 0.481 e. The molecule has 1 spiro atoms. The number of halogens is 1. The van der Waals surface area contributed by atoms with E-state index in [1.54, 1.807) is 30.3 Å². The van der Waals surface area contributed by atoms with E-state index in [9.17, 15) is 24.6 Å². The number of carbonyl (C=O) groups excluding carboxylic acids is 2. The number of rotatable bonds is 9. The van der Waals surface area contributed by atoms with Crippen LogP contribution >= 0.6 is 23.4 Å². The monoisotopic (exact) mass is 520 g/mol. The summed E-state index contributed by atoms with van der Waals surface area (Å²) in [5, 5.41) is 20.6. The molecule has 7 atom stereocenters. The van der Waals surface area contributed by atoms with E-state index in [0.29, 0.717) is 23.6 Å². The van der Waals surface area contributed by atoms with E-state index in [0.717, 1.165) is 0 Å². The van der Waals surface area contributed by atoms with Gasteiger partial charge < -0.3 is 20.0 Å². The molecule has 35 heavy (non-hydrogen) atoms. The van der Waals surface area contributed by atoms with Gasteiger partial charge in [-0.25, -0.2) is 0 Å². The van der Waals surface area contributed by atoms with Crippen LogP contribution in [0.25, 0.3) is 0 Å². The van der Waals surface area contributed by atoms with Crippen molar-refractivity contribution in [2.75, 3.05) is 18.1 Å². The second kappa shape index (κ2) is 9.79. The number of hydrogen-bond acceptors (Lipinski definition) is 5. The van der Waals surface area contributed by atoms with Gasteiger partial charge in [0.1, 0.15) is 6.04 Å². The Morgan fingerprint density at radius 3 is 2.63 bits per heavy atom. The predicted octanol–water partition coefficient (Wildman–Crippen LogP) is 3.69. The van der Waals surface area contributed by atoms with Crippen molar-refractivity contribution in [2.24, 2.45) is 23.7 Å². The number of benzene rings is 1. The van der Waals surface area contributed by atoms with Crippen molar-refractivity contribution in [1.82, 2.24) is 4.90 Å². The van der Waals surface area contributed by atoms with Crippen molar-refractivity contribution in [1.29, 1.82) is 0 Å². The molecule has 2 amide bonds. The smallest absolute Gasteiger partial charge is 0.308 e. The van der Waals surface area contributed by atoms with E-state index >= 15 is 0 Å². The number of fused-ring (bicyclic) bond motifs is 1. The molecule has 3 saturated heterocycles. The van der Waals surface area contributed by atoms with Gasteiger partial charge in [0.15, 0.2) is 0 Å². The Kier molecular flexibility index (Phi) is 7.28. The molecule has 3 unspecified atom stereocenters. The Labute approximate surface area is 215 Å². The number of aliphatic hydroxyl groups excluding tert-OH is 1. The van der Waals surface area contributed by atoms with Gasteiger partial charge in [0.05, 0.1) is 39.9 Å². The zero-order chi connectivity index (χ0) is 25.7. The molecule has 3 heterocycles. The van der Waals surface area contributed by atoms with Crippen LogP contribution in [0.1, 0.15) is 33.6 Å². The second-order valence-electron chi connectivity index (χ2n) is 10.3. The molecule has 2 N–H and O–H groups in total. The topological polar surface area (TPSA) is 98.2 Å². The number of amides is 2. The van der Waals surface area contributed by atoms with Gasteiger partial charge in [-0.05, 0) is 36.8 Å². The van der Waals surface area contributed by atoms with Crippen molar-refractivity contribution in [3.8, 4) is 0 Å². The number of hydrogen-bond donors (Lipinski definition) is 2. The second-order valence-corrected chi connectivity index (χ2v) is 12.2. The van der Waals surface area contributed by atoms with Crippen molar-refractivity contribution in [2.45, 2.75) is 55.7 Å². The number of anilines is 1. The van der Waals surface area contributed by atoms with E-state index in [4.69, 9.17) is 11.6 Å². The van der Waals surface area contributed by atoms with Crippen molar-refractivity contribution in [3.63, 3.8) is 0 Å². The van der Waals surface area contributed by atoms with E-state index in [1.165, 1.54) is 21.6 Å². The minimum absolute atomic E-state index is 0.0452. The number of aliphatic hydroxyl groups is 1. The lowest BCUT2D eigenvalue weighted by molar-refractivity contribution is -0.149. The molecule has 2 bridgehead atoms. The summed E-state index contributed by atoms with van der Waals surface area (Å²) in [5.74, 6) is -3.20. The van der Waals surface area contributed by atoms with Crippen LogP contribution in [0.15, 0.2) is 36.9 Å². The highest BCUT2D eigenvalue weighted by molar-refractivity contribution is 8.02. The van der Waals surface area contributed by atoms with Gasteiger partial charge in [-0.2, -0.15) is 0 Å². The molecule has 1 aromatic carbocycles. The van der Waals surface area contributed by atoms with Crippen LogP contribution in [-0.2, 0) is 14.4 Å². The fourth-order valence-electron chi connectivity index (χ4n) is 6.49. The average Bonchev–Trinajstić information content (AvgIpc) is 3.39. The highest BCUT2D eigenvalue weighted by atomic mass is 35.5. The normalized spacial score (nSPS) is 32.1. The quantitative estimate of drug-likeness (QED) is 0.482. The fraction of sp³-hybridized carbons (Fsp3) is 0.577. The first-order valence-electron chi connectivity index (χ1n) is 12.1. The molecule has 0 radical (unpaired) electrons. The minimum atomic E-state index is -0.999. The zero-order valence-electron chi connectivity index (χ0n) is 20.3. The lowest BCUT2D eigenvalue weighted by Gasteiger charge is -2.42. The summed E-state index contributed by atoms with van der Waals surface area (Å²) in [6, 6.07) is 5.52. The van der Waals surface area contributed by atoms with Gasteiger partial charge >= 0.3 is 5.97 Å². The molecule has 3 aliphatic heterocycles. The lowest BCUT2D eigenvalue weighted by Crippen LogP contribution is -2.59. The maximum Gasteiger partial charge on any atom is 0.308 e. The van der Waals surface area contributed by atoms with Gasteiger partial charge in [0.2, 0.25) is 5.91 Å². The molecule has 7 nitrogen and oxygen atoms in total. The highest BCUT2D eigenvalue weighted by Gasteiger charge is 2.77. The summed E-state index contributed by atoms with van der Waals surface area (Å²) in [5.41, 5.74) is 0.510. The molecule has 0 aliphatic carbocycles. The lowest BCUT2D eigenvalue weighted by atomic mass is 9.66. The zero-order valence-corrected chi connectivity index (χ0v) is 21.8. The van der Waals surface area contributed by atoms with Crippen LogP contribution in [0.4, 0.5) is 5.69 Å². The van der Waals surface area contributed by atoms with Crippen LogP contribution in [0.2, 0.25) is 5.02 Å². The summed E-state index contributed by atoms with van der Waals surface area (Å²) in [7, 11) is 0. The minimum Gasteiger partial charge on any atom is -0.481 e. The van der Waals surface area contributed by atoms with Gasteiger partial charge in [0, 0.05) is 11.8 Å². The van der Waals surface area contributed by atoms with Crippen LogP contribution in [0, 0.1) is 23.7 Å². The van der Waals surface area contributed by atoms with Crippen LogP contribution < -0.4 is 4.90 Å². The standard InChI is InChI=1S/C26H33ClN2O5S/c1-5-10-28(18-9-7-6-8-17(18)27)24(32)22-26-15(4)12-19(35-26)20(25(33)34)21(26)23(31)29(22)16(13-30)11-14(2)3/h5-9,14-16,19-22,30H,1,10-13H2,2-4H3,(H,33,34)/t15?,16-,19+,20-,21+,22?,26?/m1/s1. The van der Waals surface area contributed by atoms with E-state index in [1.807, 2.05) is 20.8 Å². The third kappa shape index (κ3) is 3.98. The van der Waals surface area contributed by atoms with Crippen molar-refractivity contribution >= 4 is 46.8 Å². The molecule has 3 fully saturated rings. The molecule has 3 aliphatic rings. The summed E-state index contributed by atoms with van der Waals surface area (Å²) < 4.78 is -0.882. The molecule has 1 aromatic rings. The number of para-hydroxylation sites is 1. The number of likely N-dealkylation sites (tertiary alicyclic amines) is 1. The number of carbonyl (C=O) groups is 3. The molecule has 0 saturated carbocycles. The number of aliphatic carboxylic acids is 1. The van der Waals surface area contributed by atoms with Gasteiger partial charge in [0.25, 0.3) is 5.91 Å². The number of nitrogens with zero attached hydrogens (tertiary/aromatic N) is 2. The van der Waals surface area contributed by atoms with E-state index in [2.05, 4.69) is 6.58 Å². The Balaban J connectivity index is 1.88. The molecule has 0 aromatic heterocycles. The number of thioether (sulfide) groups is 1. The third-order valence-corrected chi connectivity index (χ3v) is 10.2. The van der Waals surface area contributed by atoms with E-state index in [-0.39, 0.29) is 42.1 Å². The van der Waals surface area contributed by atoms with Crippen molar-refractivity contribution in [3.05, 3.63) is 41.9 Å². The first kappa shape index (κ1) is 26.0.